The molecular weight excluding hydrogens is 409 g/mol. The van der Waals surface area contributed by atoms with Gasteiger partial charge in [0.15, 0.2) is 0 Å². The lowest BCUT2D eigenvalue weighted by Crippen LogP contribution is -2.16. The molecule has 154 valence electrons. The van der Waals surface area contributed by atoms with E-state index in [1.807, 2.05) is 6.92 Å². The minimum Gasteiger partial charge on any atom is -0.366 e. The number of rotatable bonds is 6. The van der Waals surface area contributed by atoms with Crippen LogP contribution in [0.25, 0.3) is 0 Å². The van der Waals surface area contributed by atoms with Crippen LogP contribution >= 0.6 is 0 Å². The molecule has 0 aliphatic heterocycles. The van der Waals surface area contributed by atoms with Crippen LogP contribution in [0.5, 0.6) is 0 Å². The lowest BCUT2D eigenvalue weighted by Gasteiger charge is -2.11. The maximum atomic E-state index is 13.6. The van der Waals surface area contributed by atoms with Gasteiger partial charge in [-0.15, -0.1) is 0 Å². The highest BCUT2D eigenvalue weighted by Crippen LogP contribution is 2.20. The molecule has 3 aromatic rings. The number of amides is 2. The number of benzene rings is 3. The van der Waals surface area contributed by atoms with Crippen molar-refractivity contribution < 1.29 is 22.4 Å². The maximum absolute atomic E-state index is 13.6. The first kappa shape index (κ1) is 21.0. The van der Waals surface area contributed by atoms with Crippen LogP contribution in [0.1, 0.15) is 26.3 Å². The van der Waals surface area contributed by atoms with E-state index in [9.17, 15) is 22.4 Å². The molecule has 0 aromatic heterocycles. The van der Waals surface area contributed by atoms with Gasteiger partial charge in [0.05, 0.1) is 10.5 Å². The SMILES string of the molecule is Cc1ccc(S(=O)(=O)Nc2cccc(C(=O)Nc3ccc(F)c(C(N)=O)c3)c2)cc1. The Hall–Kier alpha value is -3.72. The Bertz CT molecular complexity index is 1230. The molecule has 0 aliphatic rings. The van der Waals surface area contributed by atoms with Crippen LogP contribution in [0.3, 0.4) is 0 Å². The number of nitrogens with two attached hydrogens (primary N) is 1. The largest absolute Gasteiger partial charge is 0.366 e. The van der Waals surface area contributed by atoms with Gasteiger partial charge in [-0.2, -0.15) is 0 Å². The number of carbonyl (C=O) groups is 2. The third-order valence-electron chi connectivity index (χ3n) is 4.20. The molecule has 0 saturated heterocycles. The van der Waals surface area contributed by atoms with E-state index in [2.05, 4.69) is 10.0 Å². The Morgan fingerprint density at radius 2 is 1.63 bits per heavy atom. The van der Waals surface area contributed by atoms with Gasteiger partial charge in [0.25, 0.3) is 21.8 Å². The molecule has 0 spiro atoms. The number of sulfonamides is 1. The molecule has 0 unspecified atom stereocenters. The first-order chi connectivity index (χ1) is 14.2. The zero-order valence-corrected chi connectivity index (χ0v) is 16.7. The van der Waals surface area contributed by atoms with E-state index in [0.717, 1.165) is 17.7 Å². The first-order valence-corrected chi connectivity index (χ1v) is 10.2. The Morgan fingerprint density at radius 1 is 0.933 bits per heavy atom. The zero-order valence-electron chi connectivity index (χ0n) is 15.8. The lowest BCUT2D eigenvalue weighted by molar-refractivity contribution is 0.0992. The van der Waals surface area contributed by atoms with E-state index in [1.54, 1.807) is 12.1 Å². The quantitative estimate of drug-likeness (QED) is 0.559. The number of halogens is 1. The van der Waals surface area contributed by atoms with Crippen LogP contribution in [0, 0.1) is 12.7 Å². The molecule has 9 heteroatoms. The van der Waals surface area contributed by atoms with Gasteiger partial charge < -0.3 is 11.1 Å². The molecule has 0 saturated carbocycles. The predicted octanol–water partition coefficient (Wildman–Crippen LogP) is 3.29. The Balaban J connectivity index is 1.80. The second kappa shape index (κ2) is 8.34. The summed E-state index contributed by atoms with van der Waals surface area (Å²) < 4.78 is 41.1. The topological polar surface area (TPSA) is 118 Å². The summed E-state index contributed by atoms with van der Waals surface area (Å²) in [5.74, 6) is -2.34. The number of anilines is 2. The van der Waals surface area contributed by atoms with E-state index >= 15 is 0 Å². The van der Waals surface area contributed by atoms with Crippen LogP contribution in [0.4, 0.5) is 15.8 Å². The van der Waals surface area contributed by atoms with Crippen molar-refractivity contribution in [2.24, 2.45) is 5.73 Å². The van der Waals surface area contributed by atoms with Gasteiger partial charge in [-0.1, -0.05) is 23.8 Å². The van der Waals surface area contributed by atoms with E-state index in [1.165, 1.54) is 42.5 Å². The number of aryl methyl sites for hydroxylation is 1. The summed E-state index contributed by atoms with van der Waals surface area (Å²) in [7, 11) is -3.83. The summed E-state index contributed by atoms with van der Waals surface area (Å²) >= 11 is 0. The highest BCUT2D eigenvalue weighted by molar-refractivity contribution is 7.92. The van der Waals surface area contributed by atoms with E-state index in [-0.39, 0.29) is 27.4 Å². The van der Waals surface area contributed by atoms with Crippen LogP contribution in [-0.2, 0) is 10.0 Å². The van der Waals surface area contributed by atoms with Crippen molar-refractivity contribution >= 4 is 33.2 Å². The van der Waals surface area contributed by atoms with Crippen LogP contribution in [-0.4, -0.2) is 20.2 Å². The van der Waals surface area contributed by atoms with Crippen molar-refractivity contribution in [2.45, 2.75) is 11.8 Å². The van der Waals surface area contributed by atoms with Gasteiger partial charge >= 0.3 is 0 Å². The molecule has 0 radical (unpaired) electrons. The summed E-state index contributed by atoms with van der Waals surface area (Å²) in [4.78, 5) is 23.8. The fourth-order valence-corrected chi connectivity index (χ4v) is 3.70. The summed E-state index contributed by atoms with van der Waals surface area (Å²) in [6.07, 6.45) is 0. The first-order valence-electron chi connectivity index (χ1n) is 8.76. The molecule has 0 aliphatic carbocycles. The number of primary amides is 1. The van der Waals surface area contributed by atoms with Gasteiger partial charge in [-0.05, 0) is 55.5 Å². The molecule has 2 amide bonds. The van der Waals surface area contributed by atoms with Gasteiger partial charge in [-0.25, -0.2) is 12.8 Å². The summed E-state index contributed by atoms with van der Waals surface area (Å²) in [6, 6.07) is 15.6. The Kier molecular flexibility index (Phi) is 5.84. The van der Waals surface area contributed by atoms with Crippen molar-refractivity contribution in [1.29, 1.82) is 0 Å². The Labute approximate surface area is 172 Å². The highest BCUT2D eigenvalue weighted by atomic mass is 32.2. The van der Waals surface area contributed by atoms with E-state index in [0.29, 0.717) is 0 Å². The second-order valence-corrected chi connectivity index (χ2v) is 8.19. The maximum Gasteiger partial charge on any atom is 0.261 e. The van der Waals surface area contributed by atoms with Gasteiger partial charge in [0.2, 0.25) is 0 Å². The summed E-state index contributed by atoms with van der Waals surface area (Å²) in [6.45, 7) is 1.85. The average Bonchev–Trinajstić information content (AvgIpc) is 2.69. The standard InChI is InChI=1S/C21H18FN3O4S/c1-13-5-8-17(9-6-13)30(28,29)25-16-4-2-3-14(11-16)21(27)24-15-7-10-19(22)18(12-15)20(23)26/h2-12,25H,1H3,(H2,23,26)(H,24,27). The molecular formula is C21H18FN3O4S. The molecule has 0 bridgehead atoms. The lowest BCUT2D eigenvalue weighted by atomic mass is 10.1. The predicted molar refractivity (Wildman–Crippen MR) is 111 cm³/mol. The Morgan fingerprint density at radius 3 is 2.30 bits per heavy atom. The van der Waals surface area contributed by atoms with Gasteiger partial charge in [0.1, 0.15) is 5.82 Å². The molecule has 7 nitrogen and oxygen atoms in total. The molecule has 3 aromatic carbocycles. The molecule has 0 heterocycles. The fraction of sp³-hybridized carbons (Fsp3) is 0.0476. The van der Waals surface area contributed by atoms with Gasteiger partial charge in [0, 0.05) is 16.9 Å². The van der Waals surface area contributed by atoms with E-state index in [4.69, 9.17) is 5.73 Å². The third-order valence-corrected chi connectivity index (χ3v) is 5.60. The number of carbonyl (C=O) groups excluding carboxylic acids is 2. The molecule has 4 N–H and O–H groups in total. The van der Waals surface area contributed by atoms with E-state index < -0.39 is 27.7 Å². The number of hydrogen-bond acceptors (Lipinski definition) is 4. The normalized spacial score (nSPS) is 11.0. The summed E-state index contributed by atoms with van der Waals surface area (Å²) in [5, 5.41) is 2.52. The fourth-order valence-electron chi connectivity index (χ4n) is 2.65. The zero-order chi connectivity index (χ0) is 21.9. The molecule has 3 rings (SSSR count). The van der Waals surface area contributed by atoms with Crippen molar-refractivity contribution in [3.63, 3.8) is 0 Å². The smallest absolute Gasteiger partial charge is 0.261 e. The third kappa shape index (κ3) is 4.81. The number of hydrogen-bond donors (Lipinski definition) is 3. The molecule has 0 fully saturated rings. The number of nitrogens with one attached hydrogen (secondary N) is 2. The van der Waals surface area contributed by atoms with Crippen LogP contribution in [0.15, 0.2) is 71.6 Å². The molecule has 0 atom stereocenters. The minimum atomic E-state index is -3.83. The molecule has 30 heavy (non-hydrogen) atoms. The highest BCUT2D eigenvalue weighted by Gasteiger charge is 2.16. The average molecular weight is 427 g/mol. The summed E-state index contributed by atoms with van der Waals surface area (Å²) in [5.41, 5.74) is 6.19. The van der Waals surface area contributed by atoms with Crippen molar-refractivity contribution in [3.8, 4) is 0 Å². The van der Waals surface area contributed by atoms with Crippen molar-refractivity contribution in [3.05, 3.63) is 89.2 Å². The van der Waals surface area contributed by atoms with Crippen molar-refractivity contribution in [2.75, 3.05) is 10.0 Å². The monoisotopic (exact) mass is 427 g/mol. The van der Waals surface area contributed by atoms with Crippen LogP contribution < -0.4 is 15.8 Å². The van der Waals surface area contributed by atoms with Crippen molar-refractivity contribution in [1.82, 2.24) is 0 Å². The second-order valence-electron chi connectivity index (χ2n) is 6.51. The minimum absolute atomic E-state index is 0.0910. The van der Waals surface area contributed by atoms with Crippen LogP contribution in [0.2, 0.25) is 0 Å². The van der Waals surface area contributed by atoms with Gasteiger partial charge in [-0.3, -0.25) is 14.3 Å².